The van der Waals surface area contributed by atoms with E-state index in [1.165, 1.54) is 70.6 Å². The Balaban J connectivity index is 3.50. The van der Waals surface area contributed by atoms with Gasteiger partial charge < -0.3 is 10.2 Å². The number of allylic oxidation sites excluding steroid dienone is 4. The van der Waals surface area contributed by atoms with E-state index in [9.17, 15) is 9.59 Å². The van der Waals surface area contributed by atoms with Crippen molar-refractivity contribution in [1.82, 2.24) is 0 Å². The lowest BCUT2D eigenvalue weighted by molar-refractivity contribution is -0.148. The van der Waals surface area contributed by atoms with Crippen molar-refractivity contribution in [2.24, 2.45) is 5.92 Å². The topological polar surface area (TPSA) is 74.6 Å². The maximum absolute atomic E-state index is 10.9. The minimum absolute atomic E-state index is 0.254. The van der Waals surface area contributed by atoms with Crippen LogP contribution in [-0.4, -0.2) is 22.2 Å². The second-order valence-electron chi connectivity index (χ2n) is 7.05. The molecule has 0 aliphatic heterocycles. The summed E-state index contributed by atoms with van der Waals surface area (Å²) in [4.78, 5) is 21.5. The standard InChI is InChI=1S/C22H38O4/c1-2-3-4-5-6-7-8-9-10-11-12-13-14-15-16-17-18-20(22(25)26)19-21(23)24/h14-17,20H,2-13,18-19H2,1H3,(H,23,24)(H,25,26)/b15-14+,17-16+. The second-order valence-corrected chi connectivity index (χ2v) is 7.05. The molecular formula is C22H38O4. The number of hydrogen-bond acceptors (Lipinski definition) is 2. The van der Waals surface area contributed by atoms with Crippen LogP contribution in [0, 0.1) is 5.92 Å². The van der Waals surface area contributed by atoms with Crippen LogP contribution in [0.2, 0.25) is 0 Å². The third-order valence-corrected chi connectivity index (χ3v) is 4.55. The van der Waals surface area contributed by atoms with Crippen LogP contribution in [0.5, 0.6) is 0 Å². The van der Waals surface area contributed by atoms with Crippen molar-refractivity contribution < 1.29 is 19.8 Å². The summed E-state index contributed by atoms with van der Waals surface area (Å²) in [6, 6.07) is 0. The van der Waals surface area contributed by atoms with E-state index < -0.39 is 17.9 Å². The summed E-state index contributed by atoms with van der Waals surface area (Å²) in [5.74, 6) is -2.97. The predicted molar refractivity (Wildman–Crippen MR) is 107 cm³/mol. The molecule has 0 aliphatic rings. The Morgan fingerprint density at radius 3 is 1.77 bits per heavy atom. The molecule has 150 valence electrons. The molecule has 26 heavy (non-hydrogen) atoms. The van der Waals surface area contributed by atoms with Crippen molar-refractivity contribution in [3.63, 3.8) is 0 Å². The molecule has 0 radical (unpaired) electrons. The van der Waals surface area contributed by atoms with Crippen LogP contribution >= 0.6 is 0 Å². The fourth-order valence-electron chi connectivity index (χ4n) is 2.90. The Morgan fingerprint density at radius 1 is 0.769 bits per heavy atom. The molecule has 0 fully saturated rings. The van der Waals surface area contributed by atoms with E-state index in [2.05, 4.69) is 13.0 Å². The highest BCUT2D eigenvalue weighted by Crippen LogP contribution is 2.12. The summed E-state index contributed by atoms with van der Waals surface area (Å²) in [6.45, 7) is 2.25. The van der Waals surface area contributed by atoms with Crippen LogP contribution in [-0.2, 0) is 9.59 Å². The van der Waals surface area contributed by atoms with Crippen molar-refractivity contribution in [1.29, 1.82) is 0 Å². The average molecular weight is 367 g/mol. The minimum atomic E-state index is -1.07. The summed E-state index contributed by atoms with van der Waals surface area (Å²) < 4.78 is 0. The molecule has 0 amide bonds. The molecule has 0 aromatic carbocycles. The maximum Gasteiger partial charge on any atom is 0.307 e. The Morgan fingerprint density at radius 2 is 1.27 bits per heavy atom. The molecule has 0 rings (SSSR count). The molecule has 2 N–H and O–H groups in total. The number of carbonyl (C=O) groups is 2. The van der Waals surface area contributed by atoms with Crippen molar-refractivity contribution in [2.75, 3.05) is 0 Å². The molecule has 0 aromatic heterocycles. The van der Waals surface area contributed by atoms with Crippen molar-refractivity contribution in [2.45, 2.75) is 96.8 Å². The molecule has 1 unspecified atom stereocenters. The van der Waals surface area contributed by atoms with Crippen molar-refractivity contribution >= 4 is 11.9 Å². The maximum atomic E-state index is 10.9. The van der Waals surface area contributed by atoms with Gasteiger partial charge >= 0.3 is 11.9 Å². The first-order valence-electron chi connectivity index (χ1n) is 10.3. The molecular weight excluding hydrogens is 328 g/mol. The highest BCUT2D eigenvalue weighted by molar-refractivity contribution is 5.77. The van der Waals surface area contributed by atoms with Gasteiger partial charge in [-0.3, -0.25) is 9.59 Å². The van der Waals surface area contributed by atoms with Gasteiger partial charge in [-0.2, -0.15) is 0 Å². The van der Waals surface area contributed by atoms with Crippen LogP contribution in [0.15, 0.2) is 24.3 Å². The SMILES string of the molecule is CCCCCCCCCCCCC/C=C/C=C/CC(CC(=O)O)C(=O)O. The van der Waals surface area contributed by atoms with E-state index >= 15 is 0 Å². The predicted octanol–water partition coefficient (Wildman–Crippen LogP) is 6.37. The smallest absolute Gasteiger partial charge is 0.307 e. The van der Waals surface area contributed by atoms with Gasteiger partial charge in [0.05, 0.1) is 12.3 Å². The zero-order valence-electron chi connectivity index (χ0n) is 16.5. The Kier molecular flexibility index (Phi) is 17.1. The average Bonchev–Trinajstić information content (AvgIpc) is 2.59. The Bertz CT molecular complexity index is 412. The summed E-state index contributed by atoms with van der Waals surface area (Å²) in [5, 5.41) is 17.6. The first-order valence-corrected chi connectivity index (χ1v) is 10.3. The zero-order valence-corrected chi connectivity index (χ0v) is 16.5. The molecule has 4 nitrogen and oxygen atoms in total. The van der Waals surface area contributed by atoms with Crippen LogP contribution < -0.4 is 0 Å². The number of carboxylic acid groups (broad SMARTS) is 2. The van der Waals surface area contributed by atoms with Crippen molar-refractivity contribution in [3.8, 4) is 0 Å². The van der Waals surface area contributed by atoms with Crippen LogP contribution in [0.25, 0.3) is 0 Å². The zero-order chi connectivity index (χ0) is 19.5. The van der Waals surface area contributed by atoms with Crippen LogP contribution in [0.1, 0.15) is 96.8 Å². The Labute approximate surface area is 159 Å². The lowest BCUT2D eigenvalue weighted by atomic mass is 10.0. The molecule has 4 heteroatoms. The van der Waals surface area contributed by atoms with E-state index in [4.69, 9.17) is 10.2 Å². The summed E-state index contributed by atoms with van der Waals surface area (Å²) >= 11 is 0. The quantitative estimate of drug-likeness (QED) is 0.218. The monoisotopic (exact) mass is 366 g/mol. The highest BCUT2D eigenvalue weighted by Gasteiger charge is 2.18. The molecule has 0 aliphatic carbocycles. The fraction of sp³-hybridized carbons (Fsp3) is 0.727. The minimum Gasteiger partial charge on any atom is -0.481 e. The number of carboxylic acids is 2. The molecule has 0 aromatic rings. The second kappa shape index (κ2) is 18.2. The number of aliphatic carboxylic acids is 2. The molecule has 0 heterocycles. The lowest BCUT2D eigenvalue weighted by Crippen LogP contribution is -2.16. The van der Waals surface area contributed by atoms with Gasteiger partial charge in [0.1, 0.15) is 0 Å². The van der Waals surface area contributed by atoms with Gasteiger partial charge in [0, 0.05) is 0 Å². The van der Waals surface area contributed by atoms with Crippen molar-refractivity contribution in [3.05, 3.63) is 24.3 Å². The van der Waals surface area contributed by atoms with Gasteiger partial charge in [-0.25, -0.2) is 0 Å². The van der Waals surface area contributed by atoms with E-state index in [0.29, 0.717) is 0 Å². The van der Waals surface area contributed by atoms with E-state index in [1.54, 1.807) is 6.08 Å². The van der Waals surface area contributed by atoms with Crippen LogP contribution in [0.4, 0.5) is 0 Å². The molecule has 1 atom stereocenters. The van der Waals surface area contributed by atoms with E-state index in [0.717, 1.165) is 6.42 Å². The first-order chi connectivity index (χ1) is 12.6. The van der Waals surface area contributed by atoms with Gasteiger partial charge in [0.15, 0.2) is 0 Å². The molecule has 0 bridgehead atoms. The third-order valence-electron chi connectivity index (χ3n) is 4.55. The summed E-state index contributed by atoms with van der Waals surface area (Å²) in [6.07, 6.45) is 23.3. The van der Waals surface area contributed by atoms with Gasteiger partial charge in [-0.15, -0.1) is 0 Å². The molecule has 0 saturated heterocycles. The van der Waals surface area contributed by atoms with Gasteiger partial charge in [0.25, 0.3) is 0 Å². The molecule has 0 saturated carbocycles. The number of unbranched alkanes of at least 4 members (excludes halogenated alkanes) is 11. The number of hydrogen-bond donors (Lipinski definition) is 2. The summed E-state index contributed by atoms with van der Waals surface area (Å²) in [5.41, 5.74) is 0. The third kappa shape index (κ3) is 17.2. The van der Waals surface area contributed by atoms with Gasteiger partial charge in [-0.05, 0) is 19.3 Å². The van der Waals surface area contributed by atoms with Gasteiger partial charge in [0.2, 0.25) is 0 Å². The number of rotatable bonds is 18. The van der Waals surface area contributed by atoms with E-state index in [1.807, 2.05) is 12.2 Å². The largest absolute Gasteiger partial charge is 0.481 e. The highest BCUT2D eigenvalue weighted by atomic mass is 16.4. The molecule has 0 spiro atoms. The lowest BCUT2D eigenvalue weighted by Gasteiger charge is -2.05. The Hall–Kier alpha value is -1.58. The normalized spacial score (nSPS) is 12.8. The van der Waals surface area contributed by atoms with E-state index in [-0.39, 0.29) is 12.8 Å². The van der Waals surface area contributed by atoms with Crippen LogP contribution in [0.3, 0.4) is 0 Å². The summed E-state index contributed by atoms with van der Waals surface area (Å²) in [7, 11) is 0. The fourth-order valence-corrected chi connectivity index (χ4v) is 2.90. The van der Waals surface area contributed by atoms with Gasteiger partial charge in [-0.1, -0.05) is 95.4 Å². The first kappa shape index (κ1) is 24.4.